The van der Waals surface area contributed by atoms with E-state index in [0.29, 0.717) is 44.6 Å². The van der Waals surface area contributed by atoms with Crippen LogP contribution in [0.5, 0.6) is 11.8 Å². The number of hydrogen-bond acceptors (Lipinski definition) is 6. The summed E-state index contributed by atoms with van der Waals surface area (Å²) in [5, 5.41) is 18.7. The number of thiophene rings is 1. The third-order valence-corrected chi connectivity index (χ3v) is 6.96. The van der Waals surface area contributed by atoms with Crippen molar-refractivity contribution >= 4 is 51.1 Å². The van der Waals surface area contributed by atoms with Crippen LogP contribution in [-0.2, 0) is 13.1 Å². The number of aromatic nitrogens is 2. The molecule has 0 aliphatic carbocycles. The highest BCUT2D eigenvalue weighted by Gasteiger charge is 2.21. The van der Waals surface area contributed by atoms with Crippen LogP contribution in [0, 0.1) is 0 Å². The Bertz CT molecular complexity index is 1530. The second-order valence-electron chi connectivity index (χ2n) is 8.09. The van der Waals surface area contributed by atoms with Crippen LogP contribution >= 0.6 is 22.9 Å². The van der Waals surface area contributed by atoms with Gasteiger partial charge in [-0.05, 0) is 47.5 Å². The topological polar surface area (TPSA) is 88.4 Å². The molecule has 0 spiro atoms. The minimum atomic E-state index is -0.293. The van der Waals surface area contributed by atoms with Crippen molar-refractivity contribution in [3.63, 3.8) is 0 Å². The Balaban J connectivity index is 1.43. The van der Waals surface area contributed by atoms with Gasteiger partial charge in [-0.1, -0.05) is 48.0 Å². The number of carbonyl (C=O) groups excluding carboxylic acids is 1. The van der Waals surface area contributed by atoms with Crippen LogP contribution < -0.4 is 15.4 Å². The first-order valence-electron chi connectivity index (χ1n) is 11.2. The van der Waals surface area contributed by atoms with E-state index in [1.165, 1.54) is 11.3 Å². The summed E-state index contributed by atoms with van der Waals surface area (Å²) in [4.78, 5) is 17.5. The van der Waals surface area contributed by atoms with Crippen molar-refractivity contribution < 1.29 is 14.6 Å². The molecule has 9 heteroatoms. The van der Waals surface area contributed by atoms with E-state index < -0.39 is 0 Å². The molecule has 1 amide bonds. The van der Waals surface area contributed by atoms with Crippen molar-refractivity contribution in [1.82, 2.24) is 9.55 Å². The van der Waals surface area contributed by atoms with Crippen molar-refractivity contribution in [1.29, 1.82) is 0 Å². The number of fused-ring (bicyclic) bond motifs is 1. The average Bonchev–Trinajstić information content (AvgIpc) is 3.45. The molecule has 5 rings (SSSR count). The molecule has 0 saturated carbocycles. The lowest BCUT2D eigenvalue weighted by Crippen LogP contribution is -2.10. The minimum Gasteiger partial charge on any atom is -0.494 e. The summed E-state index contributed by atoms with van der Waals surface area (Å²) in [5.74, 6) is 1.03. The molecule has 3 N–H and O–H groups in total. The second kappa shape index (κ2) is 10.3. The van der Waals surface area contributed by atoms with Gasteiger partial charge in [-0.3, -0.25) is 9.36 Å². The quantitative estimate of drug-likeness (QED) is 0.222. The van der Waals surface area contributed by atoms with Gasteiger partial charge >= 0.3 is 0 Å². The number of nitrogens with one attached hydrogen (secondary N) is 2. The van der Waals surface area contributed by atoms with Gasteiger partial charge in [-0.25, -0.2) is 4.98 Å². The number of rotatable bonds is 8. The molecule has 0 fully saturated rings. The minimum absolute atomic E-state index is 0.0129. The Morgan fingerprint density at radius 1 is 1.08 bits per heavy atom. The zero-order chi connectivity index (χ0) is 25.1. The first-order chi connectivity index (χ1) is 17.5. The predicted molar refractivity (Wildman–Crippen MR) is 145 cm³/mol. The van der Waals surface area contributed by atoms with Crippen molar-refractivity contribution in [3.8, 4) is 11.8 Å². The maximum Gasteiger partial charge on any atom is 0.265 e. The Morgan fingerprint density at radius 2 is 1.92 bits per heavy atom. The molecule has 182 valence electrons. The zero-order valence-corrected chi connectivity index (χ0v) is 20.9. The van der Waals surface area contributed by atoms with Crippen LogP contribution in [0.2, 0.25) is 4.34 Å². The number of aromatic hydroxyl groups is 1. The van der Waals surface area contributed by atoms with Crippen molar-refractivity contribution in [2.24, 2.45) is 0 Å². The molecule has 0 radical (unpaired) electrons. The predicted octanol–water partition coefficient (Wildman–Crippen LogP) is 6.38. The summed E-state index contributed by atoms with van der Waals surface area (Å²) in [6.45, 7) is 1.000. The first kappa shape index (κ1) is 23.7. The largest absolute Gasteiger partial charge is 0.494 e. The summed E-state index contributed by atoms with van der Waals surface area (Å²) in [7, 11) is 1.57. The number of anilines is 2. The Morgan fingerprint density at radius 3 is 2.67 bits per heavy atom. The van der Waals surface area contributed by atoms with Crippen LogP contribution in [0.15, 0.2) is 79.0 Å². The second-order valence-corrected chi connectivity index (χ2v) is 9.81. The third kappa shape index (κ3) is 4.86. The lowest BCUT2D eigenvalue weighted by molar-refractivity contribution is 0.103. The number of amides is 1. The molecule has 0 aliphatic heterocycles. The molecule has 5 aromatic rings. The average molecular weight is 519 g/mol. The normalized spacial score (nSPS) is 10.9. The first-order valence-corrected chi connectivity index (χ1v) is 12.4. The summed E-state index contributed by atoms with van der Waals surface area (Å²) in [6, 6.07) is 22.6. The lowest BCUT2D eigenvalue weighted by Gasteiger charge is -2.11. The molecule has 0 unspecified atom stereocenters. The SMILES string of the molecule is COc1c2cccc(NC(=O)c3ccc(Cl)s3)c2c(O)n1Cc1cccc(CNc2ccccn2)c1. The Hall–Kier alpha value is -4.01. The van der Waals surface area contributed by atoms with Gasteiger partial charge in [0.1, 0.15) is 5.82 Å². The van der Waals surface area contributed by atoms with Crippen LogP contribution in [-0.4, -0.2) is 27.7 Å². The van der Waals surface area contributed by atoms with Crippen molar-refractivity contribution in [3.05, 3.63) is 99.3 Å². The number of ether oxygens (including phenoxy) is 1. The lowest BCUT2D eigenvalue weighted by atomic mass is 10.1. The van der Waals surface area contributed by atoms with Gasteiger partial charge in [0, 0.05) is 18.1 Å². The van der Waals surface area contributed by atoms with E-state index in [2.05, 4.69) is 21.7 Å². The zero-order valence-electron chi connectivity index (χ0n) is 19.4. The van der Waals surface area contributed by atoms with Crippen LogP contribution in [0.1, 0.15) is 20.8 Å². The third-order valence-electron chi connectivity index (χ3n) is 5.73. The maximum atomic E-state index is 12.7. The van der Waals surface area contributed by atoms with E-state index in [-0.39, 0.29) is 11.8 Å². The van der Waals surface area contributed by atoms with Crippen molar-refractivity contribution in [2.45, 2.75) is 13.1 Å². The van der Waals surface area contributed by atoms with Gasteiger partial charge in [-0.2, -0.15) is 0 Å². The molecule has 7 nitrogen and oxygen atoms in total. The maximum absolute atomic E-state index is 12.7. The van der Waals surface area contributed by atoms with Gasteiger partial charge in [-0.15, -0.1) is 11.3 Å². The smallest absolute Gasteiger partial charge is 0.265 e. The van der Waals surface area contributed by atoms with E-state index >= 15 is 0 Å². The Kier molecular flexibility index (Phi) is 6.79. The number of methoxy groups -OCH3 is 1. The molecule has 36 heavy (non-hydrogen) atoms. The number of benzene rings is 2. The molecule has 0 saturated heterocycles. The number of nitrogens with zero attached hydrogens (tertiary/aromatic N) is 2. The fraction of sp³-hybridized carbons (Fsp3) is 0.111. The molecule has 2 aromatic carbocycles. The highest BCUT2D eigenvalue weighted by Crippen LogP contribution is 2.41. The van der Waals surface area contributed by atoms with Crippen LogP contribution in [0.4, 0.5) is 11.5 Å². The van der Waals surface area contributed by atoms with Gasteiger partial charge in [0.05, 0.1) is 33.9 Å². The van der Waals surface area contributed by atoms with E-state index in [1.54, 1.807) is 36.1 Å². The standard InChI is InChI=1S/C27H23ClN4O3S/c1-35-27-19-8-5-9-20(31-25(33)21-11-12-22(28)36-21)24(19)26(34)32(27)16-18-7-4-6-17(14-18)15-30-23-10-2-3-13-29-23/h2-14,34H,15-16H2,1H3,(H,29,30)(H,31,33). The molecule has 3 aromatic heterocycles. The fourth-order valence-electron chi connectivity index (χ4n) is 4.12. The molecule has 0 aliphatic rings. The highest BCUT2D eigenvalue weighted by molar-refractivity contribution is 7.18. The van der Waals surface area contributed by atoms with E-state index in [1.807, 2.05) is 48.5 Å². The van der Waals surface area contributed by atoms with E-state index in [4.69, 9.17) is 16.3 Å². The molecule has 3 heterocycles. The van der Waals surface area contributed by atoms with E-state index in [0.717, 1.165) is 16.9 Å². The molecular formula is C27H23ClN4O3S. The number of hydrogen-bond donors (Lipinski definition) is 3. The monoisotopic (exact) mass is 518 g/mol. The van der Waals surface area contributed by atoms with Gasteiger partial charge < -0.3 is 20.5 Å². The fourth-order valence-corrected chi connectivity index (χ4v) is 5.06. The highest BCUT2D eigenvalue weighted by atomic mass is 35.5. The van der Waals surface area contributed by atoms with Gasteiger partial charge in [0.25, 0.3) is 5.91 Å². The summed E-state index contributed by atoms with van der Waals surface area (Å²) in [5.41, 5.74) is 2.56. The summed E-state index contributed by atoms with van der Waals surface area (Å²) in [6.07, 6.45) is 1.75. The number of carbonyl (C=O) groups is 1. The Labute approximate surface area is 216 Å². The number of halogens is 1. The van der Waals surface area contributed by atoms with Gasteiger partial charge in [0.2, 0.25) is 11.8 Å². The summed E-state index contributed by atoms with van der Waals surface area (Å²) >= 11 is 7.18. The molecule has 0 bridgehead atoms. The summed E-state index contributed by atoms with van der Waals surface area (Å²) < 4.78 is 7.93. The molecular weight excluding hydrogens is 496 g/mol. The van der Waals surface area contributed by atoms with Crippen LogP contribution in [0.3, 0.4) is 0 Å². The van der Waals surface area contributed by atoms with Crippen LogP contribution in [0.25, 0.3) is 10.8 Å². The number of pyridine rings is 1. The van der Waals surface area contributed by atoms with Crippen molar-refractivity contribution in [2.75, 3.05) is 17.7 Å². The van der Waals surface area contributed by atoms with Gasteiger partial charge in [0.15, 0.2) is 0 Å². The molecule has 0 atom stereocenters. The van der Waals surface area contributed by atoms with E-state index in [9.17, 15) is 9.90 Å².